The van der Waals surface area contributed by atoms with E-state index in [-0.39, 0.29) is 37.3 Å². The lowest BCUT2D eigenvalue weighted by Gasteiger charge is -2.23. The maximum Gasteiger partial charge on any atom is 0.311 e. The van der Waals surface area contributed by atoms with Crippen molar-refractivity contribution in [3.8, 4) is 0 Å². The highest BCUT2D eigenvalue weighted by Crippen LogP contribution is 2.48. The molecule has 8 heteroatoms. The number of primary amides is 1. The Labute approximate surface area is 152 Å². The van der Waals surface area contributed by atoms with Crippen molar-refractivity contribution >= 4 is 35.9 Å². The van der Waals surface area contributed by atoms with Gasteiger partial charge in [-0.2, -0.15) is 0 Å². The molecule has 1 saturated heterocycles. The smallest absolute Gasteiger partial charge is 0.311 e. The van der Waals surface area contributed by atoms with E-state index >= 15 is 0 Å². The van der Waals surface area contributed by atoms with Crippen LogP contribution in [-0.2, 0) is 9.59 Å². The Morgan fingerprint density at radius 3 is 2.68 bits per heavy atom. The lowest BCUT2D eigenvalue weighted by atomic mass is 9.81. The topological polar surface area (TPSA) is 113 Å². The van der Waals surface area contributed by atoms with Crippen molar-refractivity contribution in [2.45, 2.75) is 19.3 Å². The number of carbonyl (C=O) groups is 3. The molecular formula is C17H22ClN3O4. The Morgan fingerprint density at radius 2 is 2.04 bits per heavy atom. The molecule has 2 amide bonds. The number of anilines is 1. The van der Waals surface area contributed by atoms with Crippen molar-refractivity contribution in [3.63, 3.8) is 0 Å². The van der Waals surface area contributed by atoms with Gasteiger partial charge in [-0.1, -0.05) is 18.6 Å². The van der Waals surface area contributed by atoms with Gasteiger partial charge < -0.3 is 21.1 Å². The fourth-order valence-corrected chi connectivity index (χ4v) is 3.96. The number of amides is 2. The van der Waals surface area contributed by atoms with E-state index in [9.17, 15) is 19.5 Å². The molecule has 4 N–H and O–H groups in total. The van der Waals surface area contributed by atoms with E-state index in [1.807, 2.05) is 0 Å². The fourth-order valence-electron chi connectivity index (χ4n) is 3.96. The van der Waals surface area contributed by atoms with Crippen LogP contribution in [0.3, 0.4) is 0 Å². The maximum absolute atomic E-state index is 12.5. The summed E-state index contributed by atoms with van der Waals surface area (Å²) in [5.41, 5.74) is 5.37. The highest BCUT2D eigenvalue weighted by Gasteiger charge is 2.55. The van der Waals surface area contributed by atoms with Crippen LogP contribution in [0.1, 0.15) is 29.6 Å². The molecule has 1 aromatic carbocycles. The summed E-state index contributed by atoms with van der Waals surface area (Å²) >= 11 is 0. The van der Waals surface area contributed by atoms with Crippen LogP contribution >= 0.6 is 12.4 Å². The molecule has 0 radical (unpaired) electrons. The average molecular weight is 368 g/mol. The van der Waals surface area contributed by atoms with Gasteiger partial charge in [-0.05, 0) is 30.9 Å². The second-order valence-electron chi connectivity index (χ2n) is 6.59. The van der Waals surface area contributed by atoms with E-state index in [2.05, 4.69) is 5.32 Å². The molecule has 3 rings (SSSR count). The van der Waals surface area contributed by atoms with Gasteiger partial charge in [-0.3, -0.25) is 14.4 Å². The SMILES string of the molecule is Cl.NC(=O)c1ccccc1NCC(=O)N1C[C@@H]2CCC[C@@]2(C(=O)O)C1. The van der Waals surface area contributed by atoms with E-state index in [4.69, 9.17) is 5.73 Å². The summed E-state index contributed by atoms with van der Waals surface area (Å²) in [4.78, 5) is 37.1. The normalized spacial score (nSPS) is 24.3. The van der Waals surface area contributed by atoms with Crippen LogP contribution in [0.25, 0.3) is 0 Å². The number of hydrogen-bond acceptors (Lipinski definition) is 4. The van der Waals surface area contributed by atoms with Crippen molar-refractivity contribution in [2.24, 2.45) is 17.1 Å². The number of nitrogens with zero attached hydrogens (tertiary/aromatic N) is 1. The van der Waals surface area contributed by atoms with E-state index in [0.717, 1.165) is 12.8 Å². The number of rotatable bonds is 5. The summed E-state index contributed by atoms with van der Waals surface area (Å²) in [6.07, 6.45) is 2.39. The molecule has 2 atom stereocenters. The minimum absolute atomic E-state index is 0. The largest absolute Gasteiger partial charge is 0.481 e. The zero-order valence-corrected chi connectivity index (χ0v) is 14.6. The van der Waals surface area contributed by atoms with Crippen LogP contribution in [0.4, 0.5) is 5.69 Å². The first kappa shape index (κ1) is 19.1. The van der Waals surface area contributed by atoms with Gasteiger partial charge in [0.1, 0.15) is 0 Å². The van der Waals surface area contributed by atoms with Gasteiger partial charge in [0.25, 0.3) is 5.91 Å². The van der Waals surface area contributed by atoms with Gasteiger partial charge in [0.05, 0.1) is 17.5 Å². The van der Waals surface area contributed by atoms with Crippen molar-refractivity contribution in [3.05, 3.63) is 29.8 Å². The molecule has 1 aliphatic heterocycles. The van der Waals surface area contributed by atoms with E-state index in [0.29, 0.717) is 24.2 Å². The fraction of sp³-hybridized carbons (Fsp3) is 0.471. The van der Waals surface area contributed by atoms with Gasteiger partial charge in [-0.25, -0.2) is 0 Å². The van der Waals surface area contributed by atoms with Crippen LogP contribution < -0.4 is 11.1 Å². The molecule has 2 fully saturated rings. The third-order valence-electron chi connectivity index (χ3n) is 5.27. The Bertz CT molecular complexity index is 696. The lowest BCUT2D eigenvalue weighted by molar-refractivity contribution is -0.149. The maximum atomic E-state index is 12.5. The molecule has 1 saturated carbocycles. The second-order valence-corrected chi connectivity index (χ2v) is 6.59. The molecule has 136 valence electrons. The number of carbonyl (C=O) groups excluding carboxylic acids is 2. The molecule has 0 aromatic heterocycles. The molecule has 2 aliphatic rings. The summed E-state index contributed by atoms with van der Waals surface area (Å²) < 4.78 is 0. The predicted molar refractivity (Wildman–Crippen MR) is 94.7 cm³/mol. The molecule has 0 bridgehead atoms. The molecule has 1 aliphatic carbocycles. The van der Waals surface area contributed by atoms with Crippen LogP contribution in [0.2, 0.25) is 0 Å². The van der Waals surface area contributed by atoms with E-state index in [1.165, 1.54) is 0 Å². The quantitative estimate of drug-likeness (QED) is 0.726. The molecular weight excluding hydrogens is 346 g/mol. The van der Waals surface area contributed by atoms with Crippen molar-refractivity contribution in [2.75, 3.05) is 25.0 Å². The van der Waals surface area contributed by atoms with Crippen LogP contribution in [0.5, 0.6) is 0 Å². The predicted octanol–water partition coefficient (Wildman–Crippen LogP) is 1.33. The molecule has 1 aromatic rings. The highest BCUT2D eigenvalue weighted by molar-refractivity contribution is 5.99. The van der Waals surface area contributed by atoms with Gasteiger partial charge >= 0.3 is 5.97 Å². The summed E-state index contributed by atoms with van der Waals surface area (Å²) in [5, 5.41) is 12.5. The first-order valence-corrected chi connectivity index (χ1v) is 8.08. The Morgan fingerprint density at radius 1 is 1.32 bits per heavy atom. The number of para-hydroxylation sites is 1. The van der Waals surface area contributed by atoms with E-state index < -0.39 is 17.3 Å². The summed E-state index contributed by atoms with van der Waals surface area (Å²) in [7, 11) is 0. The number of nitrogens with two attached hydrogens (primary N) is 1. The zero-order chi connectivity index (χ0) is 17.3. The number of benzene rings is 1. The molecule has 7 nitrogen and oxygen atoms in total. The van der Waals surface area contributed by atoms with Crippen LogP contribution in [0.15, 0.2) is 24.3 Å². The summed E-state index contributed by atoms with van der Waals surface area (Å²) in [5.74, 6) is -1.49. The summed E-state index contributed by atoms with van der Waals surface area (Å²) in [6, 6.07) is 6.73. The number of aliphatic carboxylic acids is 1. The third kappa shape index (κ3) is 3.42. The second kappa shape index (κ2) is 7.31. The summed E-state index contributed by atoms with van der Waals surface area (Å²) in [6.45, 7) is 0.766. The number of halogens is 1. The highest BCUT2D eigenvalue weighted by atomic mass is 35.5. The molecule has 0 unspecified atom stereocenters. The number of hydrogen-bond donors (Lipinski definition) is 3. The lowest BCUT2D eigenvalue weighted by Crippen LogP contribution is -2.39. The van der Waals surface area contributed by atoms with Gasteiger partial charge in [0.2, 0.25) is 5.91 Å². The minimum Gasteiger partial charge on any atom is -0.481 e. The number of likely N-dealkylation sites (tertiary alicyclic amines) is 1. The molecule has 25 heavy (non-hydrogen) atoms. The van der Waals surface area contributed by atoms with Gasteiger partial charge in [0, 0.05) is 18.8 Å². The molecule has 0 spiro atoms. The zero-order valence-electron chi connectivity index (χ0n) is 13.7. The van der Waals surface area contributed by atoms with Gasteiger partial charge in [-0.15, -0.1) is 12.4 Å². The average Bonchev–Trinajstić information content (AvgIpc) is 3.11. The first-order valence-electron chi connectivity index (χ1n) is 8.08. The van der Waals surface area contributed by atoms with Crippen molar-refractivity contribution in [1.29, 1.82) is 0 Å². The number of carboxylic acid groups (broad SMARTS) is 1. The van der Waals surface area contributed by atoms with Crippen LogP contribution in [0, 0.1) is 11.3 Å². The van der Waals surface area contributed by atoms with E-state index in [1.54, 1.807) is 29.2 Å². The standard InChI is InChI=1S/C17H21N3O4.ClH/c18-15(22)12-5-1-2-6-13(12)19-8-14(21)20-9-11-4-3-7-17(11,10-20)16(23)24;/h1-2,5-6,11,19H,3-4,7-10H2,(H2,18,22)(H,23,24);1H/t11-,17+;/m0./s1. The Kier molecular flexibility index (Phi) is 5.57. The third-order valence-corrected chi connectivity index (χ3v) is 5.27. The van der Waals surface area contributed by atoms with Crippen molar-refractivity contribution < 1.29 is 19.5 Å². The number of carboxylic acids is 1. The Balaban J connectivity index is 0.00000225. The Hall–Kier alpha value is -2.28. The minimum atomic E-state index is -0.799. The van der Waals surface area contributed by atoms with Gasteiger partial charge in [0.15, 0.2) is 0 Å². The number of nitrogens with one attached hydrogen (secondary N) is 1. The number of fused-ring (bicyclic) bond motifs is 1. The monoisotopic (exact) mass is 367 g/mol. The van der Waals surface area contributed by atoms with Crippen molar-refractivity contribution in [1.82, 2.24) is 4.90 Å². The molecule has 1 heterocycles. The van der Waals surface area contributed by atoms with Crippen LogP contribution in [-0.4, -0.2) is 47.4 Å². The first-order chi connectivity index (χ1) is 11.4.